The van der Waals surface area contributed by atoms with Crippen molar-refractivity contribution in [1.82, 2.24) is 4.98 Å². The van der Waals surface area contributed by atoms with Crippen LogP contribution in [0, 0.1) is 0 Å². The van der Waals surface area contributed by atoms with E-state index in [9.17, 15) is 9.59 Å². The van der Waals surface area contributed by atoms with Gasteiger partial charge >= 0.3 is 5.97 Å². The summed E-state index contributed by atoms with van der Waals surface area (Å²) in [6.07, 6.45) is 3.56. The molecule has 0 saturated heterocycles. The minimum atomic E-state index is -0.947. The first-order chi connectivity index (χ1) is 6.15. The summed E-state index contributed by atoms with van der Waals surface area (Å²) in [5, 5.41) is 9.01. The number of nitrogens with one attached hydrogen (secondary N) is 1. The lowest BCUT2D eigenvalue weighted by Crippen LogP contribution is -2.48. The number of carboxylic acid groups (broad SMARTS) is 1. The smallest absolute Gasteiger partial charge is 0.315 e. The van der Waals surface area contributed by atoms with E-state index < -0.39 is 11.4 Å². The van der Waals surface area contributed by atoms with E-state index >= 15 is 0 Å². The molecule has 1 saturated carbocycles. The Kier molecular flexibility index (Phi) is 1.52. The van der Waals surface area contributed by atoms with Crippen molar-refractivity contribution in [2.24, 2.45) is 0 Å². The summed E-state index contributed by atoms with van der Waals surface area (Å²) in [4.78, 5) is 24.6. The molecule has 1 heterocycles. The second kappa shape index (κ2) is 2.45. The van der Waals surface area contributed by atoms with Crippen molar-refractivity contribution in [3.8, 4) is 0 Å². The molecular weight excluding hydrogens is 170 g/mol. The molecule has 0 aromatic carbocycles. The lowest BCUT2D eigenvalue weighted by molar-refractivity contribution is -0.153. The Morgan fingerprint density at radius 1 is 1.54 bits per heavy atom. The molecule has 0 unspecified atom stereocenters. The van der Waals surface area contributed by atoms with Gasteiger partial charge in [-0.25, -0.2) is 0 Å². The number of aromatic amines is 1. The molecule has 2 N–H and O–H groups in total. The molecule has 13 heavy (non-hydrogen) atoms. The summed E-state index contributed by atoms with van der Waals surface area (Å²) in [5.41, 5.74) is -0.253. The minimum Gasteiger partial charge on any atom is -0.481 e. The minimum absolute atomic E-state index is 0.0172. The van der Waals surface area contributed by atoms with Crippen molar-refractivity contribution in [2.45, 2.75) is 18.3 Å². The number of hydrogen-bond donors (Lipinski definition) is 2. The zero-order valence-electron chi connectivity index (χ0n) is 6.91. The molecule has 0 amide bonds. The van der Waals surface area contributed by atoms with Gasteiger partial charge in [0.05, 0.1) is 0 Å². The molecule has 0 aliphatic heterocycles. The van der Waals surface area contributed by atoms with Crippen LogP contribution in [0.3, 0.4) is 0 Å². The maximum atomic E-state index is 11.0. The number of carbonyl (C=O) groups excluding carboxylic acids is 1. The highest BCUT2D eigenvalue weighted by molar-refractivity contribution is 6.01. The van der Waals surface area contributed by atoms with E-state index in [0.717, 1.165) is 0 Å². The normalized spacial score (nSPS) is 19.5. The lowest BCUT2D eigenvalue weighted by Gasteiger charge is -2.35. The maximum absolute atomic E-state index is 11.0. The van der Waals surface area contributed by atoms with Crippen LogP contribution in [0.5, 0.6) is 0 Å². The van der Waals surface area contributed by atoms with Gasteiger partial charge in [-0.1, -0.05) is 0 Å². The fourth-order valence-electron chi connectivity index (χ4n) is 1.72. The number of aliphatic carboxylic acids is 1. The number of aromatic nitrogens is 1. The van der Waals surface area contributed by atoms with Gasteiger partial charge < -0.3 is 10.1 Å². The molecule has 1 aromatic heterocycles. The summed E-state index contributed by atoms with van der Waals surface area (Å²) in [6.45, 7) is 0. The van der Waals surface area contributed by atoms with Crippen LogP contribution >= 0.6 is 0 Å². The first-order valence-corrected chi connectivity index (χ1v) is 4.03. The Morgan fingerprint density at radius 3 is 2.62 bits per heavy atom. The van der Waals surface area contributed by atoms with Crippen molar-refractivity contribution in [1.29, 1.82) is 0 Å². The third-order valence-corrected chi connectivity index (χ3v) is 2.56. The third-order valence-electron chi connectivity index (χ3n) is 2.56. The molecule has 4 nitrogen and oxygen atoms in total. The predicted molar refractivity (Wildman–Crippen MR) is 44.3 cm³/mol. The zero-order chi connectivity index (χ0) is 9.47. The summed E-state index contributed by atoms with van der Waals surface area (Å²) < 4.78 is 0. The van der Waals surface area contributed by atoms with E-state index in [0.29, 0.717) is 5.56 Å². The topological polar surface area (TPSA) is 70.2 Å². The van der Waals surface area contributed by atoms with Crippen molar-refractivity contribution in [3.05, 3.63) is 24.0 Å². The number of hydrogen-bond acceptors (Lipinski definition) is 2. The molecule has 4 heteroatoms. The largest absolute Gasteiger partial charge is 0.481 e. The highest BCUT2D eigenvalue weighted by Crippen LogP contribution is 2.41. The molecule has 0 atom stereocenters. The highest BCUT2D eigenvalue weighted by atomic mass is 16.4. The van der Waals surface area contributed by atoms with Gasteiger partial charge in [-0.3, -0.25) is 9.59 Å². The summed E-state index contributed by atoms with van der Waals surface area (Å²) >= 11 is 0. The van der Waals surface area contributed by atoms with Crippen molar-refractivity contribution in [2.75, 3.05) is 0 Å². The Labute approximate surface area is 74.6 Å². The quantitative estimate of drug-likeness (QED) is 0.702. The zero-order valence-corrected chi connectivity index (χ0v) is 6.91. The van der Waals surface area contributed by atoms with Crippen LogP contribution in [-0.4, -0.2) is 21.8 Å². The van der Waals surface area contributed by atoms with E-state index in [2.05, 4.69) is 4.98 Å². The summed E-state index contributed by atoms with van der Waals surface area (Å²) in [6, 6.07) is 1.71. The number of carboxylic acids is 1. The van der Waals surface area contributed by atoms with Crippen LogP contribution in [0.15, 0.2) is 18.5 Å². The molecular formula is C9H9NO3. The van der Waals surface area contributed by atoms with E-state index in [4.69, 9.17) is 5.11 Å². The van der Waals surface area contributed by atoms with Gasteiger partial charge in [0.15, 0.2) is 0 Å². The standard InChI is InChI=1S/C9H9NO3/c11-7-3-9(4-7,8(12)13)6-1-2-10-5-6/h1-2,5,10H,3-4H2,(H,12,13). The van der Waals surface area contributed by atoms with E-state index in [-0.39, 0.29) is 18.6 Å². The Morgan fingerprint density at radius 2 is 2.23 bits per heavy atom. The third kappa shape index (κ3) is 0.983. The maximum Gasteiger partial charge on any atom is 0.315 e. The van der Waals surface area contributed by atoms with E-state index in [1.54, 1.807) is 18.5 Å². The number of carbonyl (C=O) groups is 2. The van der Waals surface area contributed by atoms with Gasteiger partial charge in [-0.2, -0.15) is 0 Å². The summed E-state index contributed by atoms with van der Waals surface area (Å²) in [5.74, 6) is -0.893. The van der Waals surface area contributed by atoms with Gasteiger partial charge in [0.25, 0.3) is 0 Å². The first kappa shape index (κ1) is 8.04. The van der Waals surface area contributed by atoms with E-state index in [1.165, 1.54) is 0 Å². The molecule has 0 bridgehead atoms. The molecule has 2 rings (SSSR count). The molecule has 1 aromatic rings. The molecule has 0 radical (unpaired) electrons. The van der Waals surface area contributed by atoms with Crippen molar-refractivity contribution in [3.63, 3.8) is 0 Å². The average Bonchev–Trinajstić information content (AvgIpc) is 2.49. The van der Waals surface area contributed by atoms with Gasteiger partial charge in [0.2, 0.25) is 0 Å². The number of Topliss-reactive ketones (excluding diaryl/α,β-unsaturated/α-hetero) is 1. The van der Waals surface area contributed by atoms with Gasteiger partial charge in [0, 0.05) is 25.2 Å². The van der Waals surface area contributed by atoms with E-state index in [1.807, 2.05) is 0 Å². The van der Waals surface area contributed by atoms with Crippen LogP contribution in [0.1, 0.15) is 18.4 Å². The summed E-state index contributed by atoms with van der Waals surface area (Å²) in [7, 11) is 0. The van der Waals surface area contributed by atoms with Crippen LogP contribution < -0.4 is 0 Å². The monoisotopic (exact) mass is 179 g/mol. The van der Waals surface area contributed by atoms with Crippen LogP contribution in [0.4, 0.5) is 0 Å². The van der Waals surface area contributed by atoms with Crippen LogP contribution in [-0.2, 0) is 15.0 Å². The molecule has 1 fully saturated rings. The Bertz CT molecular complexity index is 345. The van der Waals surface area contributed by atoms with Crippen molar-refractivity contribution >= 4 is 11.8 Å². The number of H-pyrrole nitrogens is 1. The lowest BCUT2D eigenvalue weighted by atomic mass is 9.64. The predicted octanol–water partition coefficient (Wildman–Crippen LogP) is 0.700. The number of rotatable bonds is 2. The fraction of sp³-hybridized carbons (Fsp3) is 0.333. The average molecular weight is 179 g/mol. The Hall–Kier alpha value is -1.58. The first-order valence-electron chi connectivity index (χ1n) is 4.03. The molecule has 1 aliphatic rings. The SMILES string of the molecule is O=C1CC(C(=O)O)(c2cc[nH]c2)C1. The molecule has 1 aliphatic carbocycles. The number of ketones is 1. The van der Waals surface area contributed by atoms with Crippen molar-refractivity contribution < 1.29 is 14.7 Å². The molecule has 0 spiro atoms. The van der Waals surface area contributed by atoms with Gasteiger partial charge in [-0.15, -0.1) is 0 Å². The Balaban J connectivity index is 2.37. The van der Waals surface area contributed by atoms with Gasteiger partial charge in [0.1, 0.15) is 11.2 Å². The van der Waals surface area contributed by atoms with Gasteiger partial charge in [-0.05, 0) is 11.6 Å². The molecule has 68 valence electrons. The fourth-order valence-corrected chi connectivity index (χ4v) is 1.72. The second-order valence-corrected chi connectivity index (χ2v) is 3.38. The van der Waals surface area contributed by atoms with Crippen LogP contribution in [0.2, 0.25) is 0 Å². The highest BCUT2D eigenvalue weighted by Gasteiger charge is 2.51. The van der Waals surface area contributed by atoms with Crippen LogP contribution in [0.25, 0.3) is 0 Å². The second-order valence-electron chi connectivity index (χ2n) is 3.38.